The molecule has 1 unspecified atom stereocenters. The van der Waals surface area contributed by atoms with Gasteiger partial charge >= 0.3 is 5.97 Å². The maximum Gasteiger partial charge on any atom is 0.326 e. The van der Waals surface area contributed by atoms with Crippen LogP contribution < -0.4 is 14.8 Å². The largest absolute Gasteiger partial charge is 0.490 e. The van der Waals surface area contributed by atoms with Crippen molar-refractivity contribution in [2.24, 2.45) is 0 Å². The van der Waals surface area contributed by atoms with Crippen LogP contribution in [0.25, 0.3) is 0 Å². The molecule has 0 heterocycles. The molecular weight excluding hydrogens is 270 g/mol. The van der Waals surface area contributed by atoms with Gasteiger partial charge in [0.1, 0.15) is 12.6 Å². The molecule has 0 fully saturated rings. The summed E-state index contributed by atoms with van der Waals surface area (Å²) < 4.78 is 16.3. The van der Waals surface area contributed by atoms with Gasteiger partial charge in [-0.05, 0) is 38.9 Å². The molecule has 0 saturated heterocycles. The third-order valence-corrected chi connectivity index (χ3v) is 2.77. The van der Waals surface area contributed by atoms with Crippen LogP contribution >= 0.6 is 0 Å². The van der Waals surface area contributed by atoms with Crippen LogP contribution in [-0.4, -0.2) is 38.4 Å². The smallest absolute Gasteiger partial charge is 0.326 e. The first-order valence-corrected chi connectivity index (χ1v) is 7.47. The number of nitrogens with one attached hydrogen (secondary N) is 1. The predicted molar refractivity (Wildman–Crippen MR) is 81.8 cm³/mol. The zero-order valence-corrected chi connectivity index (χ0v) is 13.1. The van der Waals surface area contributed by atoms with Crippen LogP contribution in [0, 0.1) is 0 Å². The summed E-state index contributed by atoms with van der Waals surface area (Å²) in [5.74, 6) is 1.02. The van der Waals surface area contributed by atoms with Crippen molar-refractivity contribution in [3.05, 3.63) is 24.3 Å². The fourth-order valence-electron chi connectivity index (χ4n) is 1.79. The first kappa shape index (κ1) is 17.3. The molecule has 0 amide bonds. The quantitative estimate of drug-likeness (QED) is 0.672. The lowest BCUT2D eigenvalue weighted by atomic mass is 10.3. The van der Waals surface area contributed by atoms with Crippen LogP contribution in [0.3, 0.4) is 0 Å². The highest BCUT2D eigenvalue weighted by Gasteiger charge is 2.20. The zero-order chi connectivity index (χ0) is 15.5. The van der Waals surface area contributed by atoms with Crippen molar-refractivity contribution in [3.63, 3.8) is 0 Å². The van der Waals surface area contributed by atoms with Gasteiger partial charge in [-0.25, -0.2) is 0 Å². The molecule has 21 heavy (non-hydrogen) atoms. The molecule has 0 aliphatic heterocycles. The first-order chi connectivity index (χ1) is 10.2. The minimum Gasteiger partial charge on any atom is -0.490 e. The van der Waals surface area contributed by atoms with E-state index in [2.05, 4.69) is 5.32 Å². The standard InChI is InChI=1S/C16H25NO4/c1-4-11-17-13(16(18)20-6-3)12-21-15-10-8-7-9-14(15)19-5-2/h7-10,13,17H,4-6,11-12H2,1-3H3. The Labute approximate surface area is 126 Å². The van der Waals surface area contributed by atoms with Gasteiger partial charge in [0.2, 0.25) is 0 Å². The Hall–Kier alpha value is -1.75. The average molecular weight is 295 g/mol. The molecule has 0 saturated carbocycles. The van der Waals surface area contributed by atoms with E-state index in [9.17, 15) is 4.79 Å². The molecule has 1 atom stereocenters. The van der Waals surface area contributed by atoms with Crippen molar-refractivity contribution in [1.82, 2.24) is 5.32 Å². The van der Waals surface area contributed by atoms with Gasteiger partial charge in [-0.1, -0.05) is 19.1 Å². The molecule has 5 heteroatoms. The Bertz CT molecular complexity index is 422. The lowest BCUT2D eigenvalue weighted by Crippen LogP contribution is -2.43. The Balaban J connectivity index is 2.65. The normalized spacial score (nSPS) is 11.8. The van der Waals surface area contributed by atoms with E-state index in [1.165, 1.54) is 0 Å². The van der Waals surface area contributed by atoms with Gasteiger partial charge in [0.05, 0.1) is 13.2 Å². The second kappa shape index (κ2) is 10.0. The number of rotatable bonds is 10. The Kier molecular flexibility index (Phi) is 8.28. The minimum atomic E-state index is -0.473. The van der Waals surface area contributed by atoms with Gasteiger partial charge in [-0.3, -0.25) is 4.79 Å². The Morgan fingerprint density at radius 3 is 2.33 bits per heavy atom. The molecule has 1 aromatic carbocycles. The van der Waals surface area contributed by atoms with Crippen LogP contribution in [0.15, 0.2) is 24.3 Å². The first-order valence-electron chi connectivity index (χ1n) is 7.47. The highest BCUT2D eigenvalue weighted by molar-refractivity contribution is 5.76. The van der Waals surface area contributed by atoms with Crippen LogP contribution in [0.4, 0.5) is 0 Å². The summed E-state index contributed by atoms with van der Waals surface area (Å²) in [5, 5.41) is 3.14. The van der Waals surface area contributed by atoms with E-state index in [4.69, 9.17) is 14.2 Å². The molecule has 1 rings (SSSR count). The van der Waals surface area contributed by atoms with Crippen LogP contribution in [0.1, 0.15) is 27.2 Å². The monoisotopic (exact) mass is 295 g/mol. The number of hydrogen-bond acceptors (Lipinski definition) is 5. The summed E-state index contributed by atoms with van der Waals surface area (Å²) in [7, 11) is 0. The zero-order valence-electron chi connectivity index (χ0n) is 13.1. The highest BCUT2D eigenvalue weighted by Crippen LogP contribution is 2.26. The number of ether oxygens (including phenoxy) is 3. The van der Waals surface area contributed by atoms with Gasteiger partial charge < -0.3 is 19.5 Å². The van der Waals surface area contributed by atoms with E-state index in [0.717, 1.165) is 13.0 Å². The average Bonchev–Trinajstić information content (AvgIpc) is 2.49. The van der Waals surface area contributed by atoms with E-state index in [1.807, 2.05) is 38.1 Å². The highest BCUT2D eigenvalue weighted by atomic mass is 16.5. The number of carbonyl (C=O) groups excluding carboxylic acids is 1. The van der Waals surface area contributed by atoms with Crippen molar-refractivity contribution >= 4 is 5.97 Å². The van der Waals surface area contributed by atoms with Crippen LogP contribution in [-0.2, 0) is 9.53 Å². The molecule has 0 radical (unpaired) electrons. The minimum absolute atomic E-state index is 0.211. The van der Waals surface area contributed by atoms with E-state index in [-0.39, 0.29) is 12.6 Å². The maximum atomic E-state index is 11.9. The number of hydrogen-bond donors (Lipinski definition) is 1. The lowest BCUT2D eigenvalue weighted by Gasteiger charge is -2.18. The fraction of sp³-hybridized carbons (Fsp3) is 0.562. The summed E-state index contributed by atoms with van der Waals surface area (Å²) in [6.45, 7) is 7.62. The molecule has 0 aliphatic rings. The molecule has 0 spiro atoms. The van der Waals surface area contributed by atoms with E-state index in [0.29, 0.717) is 24.7 Å². The van der Waals surface area contributed by atoms with Crippen LogP contribution in [0.5, 0.6) is 11.5 Å². The van der Waals surface area contributed by atoms with Crippen molar-refractivity contribution in [2.75, 3.05) is 26.4 Å². The number of para-hydroxylation sites is 2. The van der Waals surface area contributed by atoms with E-state index in [1.54, 1.807) is 6.92 Å². The second-order valence-electron chi connectivity index (χ2n) is 4.45. The fourth-order valence-corrected chi connectivity index (χ4v) is 1.79. The van der Waals surface area contributed by atoms with Gasteiger partial charge in [-0.15, -0.1) is 0 Å². The molecule has 0 aromatic heterocycles. The maximum absolute atomic E-state index is 11.9. The van der Waals surface area contributed by atoms with Crippen molar-refractivity contribution in [3.8, 4) is 11.5 Å². The van der Waals surface area contributed by atoms with Gasteiger partial charge in [0, 0.05) is 0 Å². The molecule has 1 N–H and O–H groups in total. The summed E-state index contributed by atoms with van der Waals surface area (Å²) >= 11 is 0. The summed E-state index contributed by atoms with van der Waals surface area (Å²) in [6.07, 6.45) is 0.936. The van der Waals surface area contributed by atoms with Gasteiger partial charge in [0.15, 0.2) is 11.5 Å². The van der Waals surface area contributed by atoms with Crippen LogP contribution in [0.2, 0.25) is 0 Å². The summed E-state index contributed by atoms with van der Waals surface area (Å²) in [5.41, 5.74) is 0. The predicted octanol–water partition coefficient (Wildman–Crippen LogP) is 2.40. The number of esters is 1. The van der Waals surface area contributed by atoms with E-state index >= 15 is 0 Å². The van der Waals surface area contributed by atoms with Gasteiger partial charge in [0.25, 0.3) is 0 Å². The third-order valence-electron chi connectivity index (χ3n) is 2.77. The molecule has 118 valence electrons. The Morgan fingerprint density at radius 1 is 1.10 bits per heavy atom. The molecule has 0 aliphatic carbocycles. The Morgan fingerprint density at radius 2 is 1.76 bits per heavy atom. The molecule has 0 bridgehead atoms. The SMILES string of the molecule is CCCNC(COc1ccccc1OCC)C(=O)OCC. The lowest BCUT2D eigenvalue weighted by molar-refractivity contribution is -0.146. The third kappa shape index (κ3) is 6.04. The number of benzene rings is 1. The van der Waals surface area contributed by atoms with Crippen molar-refractivity contribution in [1.29, 1.82) is 0 Å². The molecule has 1 aromatic rings. The van der Waals surface area contributed by atoms with Crippen molar-refractivity contribution < 1.29 is 19.0 Å². The summed E-state index contributed by atoms with van der Waals surface area (Å²) in [4.78, 5) is 11.9. The summed E-state index contributed by atoms with van der Waals surface area (Å²) in [6, 6.07) is 6.96. The van der Waals surface area contributed by atoms with Gasteiger partial charge in [-0.2, -0.15) is 0 Å². The molecule has 5 nitrogen and oxygen atoms in total. The second-order valence-corrected chi connectivity index (χ2v) is 4.45. The number of carbonyl (C=O) groups is 1. The molecular formula is C16H25NO4. The van der Waals surface area contributed by atoms with Crippen molar-refractivity contribution in [2.45, 2.75) is 33.2 Å². The topological polar surface area (TPSA) is 56.8 Å². The van der Waals surface area contributed by atoms with E-state index < -0.39 is 6.04 Å².